The van der Waals surface area contributed by atoms with Crippen molar-refractivity contribution in [1.29, 1.82) is 0 Å². The van der Waals surface area contributed by atoms with Gasteiger partial charge >= 0.3 is 0 Å². The van der Waals surface area contributed by atoms with Crippen LogP contribution in [0.15, 0.2) is 30.0 Å². The summed E-state index contributed by atoms with van der Waals surface area (Å²) in [4.78, 5) is 14.3. The number of hydrogen-bond donors (Lipinski definition) is 1. The lowest BCUT2D eigenvalue weighted by Gasteiger charge is -2.42. The molecule has 0 bridgehead atoms. The van der Waals surface area contributed by atoms with Crippen molar-refractivity contribution in [3.05, 3.63) is 40.5 Å². The van der Waals surface area contributed by atoms with Gasteiger partial charge in [0.25, 0.3) is 0 Å². The third-order valence-electron chi connectivity index (χ3n) is 6.59. The number of nitrogens with zero attached hydrogens (tertiary/aromatic N) is 1. The van der Waals surface area contributed by atoms with E-state index in [-0.39, 0.29) is 23.7 Å². The molecule has 1 unspecified atom stereocenters. The maximum atomic E-state index is 12.2. The van der Waals surface area contributed by atoms with Gasteiger partial charge in [0.2, 0.25) is 0 Å². The Morgan fingerprint density at radius 3 is 2.86 bits per heavy atom. The Hall–Kier alpha value is -2.23. The molecule has 2 aliphatic heterocycles. The van der Waals surface area contributed by atoms with Crippen LogP contribution in [-0.2, 0) is 4.79 Å². The average Bonchev–Trinajstić information content (AvgIpc) is 2.72. The summed E-state index contributed by atoms with van der Waals surface area (Å²) >= 11 is 0. The lowest BCUT2D eigenvalue weighted by atomic mass is 9.83. The van der Waals surface area contributed by atoms with Crippen molar-refractivity contribution in [2.24, 2.45) is 0 Å². The average molecular weight is 396 g/mol. The van der Waals surface area contributed by atoms with Gasteiger partial charge < -0.3 is 14.7 Å². The van der Waals surface area contributed by atoms with E-state index in [4.69, 9.17) is 4.74 Å². The molecular formula is C25H33NO3. The number of fused-ring (bicyclic) bond motifs is 4. The number of ether oxygens (including phenoxy) is 1. The summed E-state index contributed by atoms with van der Waals surface area (Å²) in [5, 5.41) is 12.9. The zero-order valence-corrected chi connectivity index (χ0v) is 17.7. The van der Waals surface area contributed by atoms with Crippen molar-refractivity contribution in [3.63, 3.8) is 0 Å². The van der Waals surface area contributed by atoms with Crippen molar-refractivity contribution < 1.29 is 14.6 Å². The highest BCUT2D eigenvalue weighted by atomic mass is 16.5. The number of aliphatic hydroxyl groups excluding tert-OH is 1. The molecule has 1 fully saturated rings. The Morgan fingerprint density at radius 1 is 1.21 bits per heavy atom. The van der Waals surface area contributed by atoms with E-state index in [9.17, 15) is 9.90 Å². The maximum absolute atomic E-state index is 12.2. The molecule has 2 atom stereocenters. The number of aliphatic hydroxyl groups is 1. The third-order valence-corrected chi connectivity index (χ3v) is 6.59. The van der Waals surface area contributed by atoms with Gasteiger partial charge in [0.15, 0.2) is 5.78 Å². The second kappa shape index (κ2) is 8.64. The number of carbonyl (C=O) groups excluding carboxylic acids is 1. The summed E-state index contributed by atoms with van der Waals surface area (Å²) in [6.07, 6.45) is 11.8. The first-order valence-corrected chi connectivity index (χ1v) is 11.4. The van der Waals surface area contributed by atoms with Crippen molar-refractivity contribution >= 4 is 17.1 Å². The van der Waals surface area contributed by atoms with Gasteiger partial charge in [-0.2, -0.15) is 0 Å². The molecule has 3 aliphatic rings. The minimum atomic E-state index is -0.0194. The number of hydrogen-bond acceptors (Lipinski definition) is 4. The SMILES string of the molecule is CCCCCC(CC)Oc1ccc2c(c1)=C1C(O)=CC(=O)CN1[C@H]1CCCCC=21. The smallest absolute Gasteiger partial charge is 0.178 e. The van der Waals surface area contributed by atoms with E-state index in [2.05, 4.69) is 36.9 Å². The highest BCUT2D eigenvalue weighted by Gasteiger charge is 2.35. The minimum Gasteiger partial charge on any atom is -0.506 e. The fourth-order valence-corrected chi connectivity index (χ4v) is 5.10. The fourth-order valence-electron chi connectivity index (χ4n) is 5.10. The molecular weight excluding hydrogens is 362 g/mol. The number of ketones is 1. The van der Waals surface area contributed by atoms with Crippen LogP contribution in [-0.4, -0.2) is 34.5 Å². The molecule has 1 aliphatic carbocycles. The van der Waals surface area contributed by atoms with E-state index >= 15 is 0 Å². The van der Waals surface area contributed by atoms with E-state index in [0.29, 0.717) is 6.54 Å². The standard InChI is InChI=1S/C25H33NO3/c1-3-5-6-9-18(4-2)29-19-12-13-20-21-10-7-8-11-23(21)26-16-17(27)14-24(28)25(26)22(20)15-19/h12-15,18,23,28H,3-11,16H2,1-2H3/t18?,23-/m0/s1. The third kappa shape index (κ3) is 3.94. The summed E-state index contributed by atoms with van der Waals surface area (Å²) in [6, 6.07) is 6.57. The molecule has 2 heterocycles. The van der Waals surface area contributed by atoms with E-state index in [1.54, 1.807) is 0 Å². The quantitative estimate of drug-likeness (QED) is 0.710. The summed E-state index contributed by atoms with van der Waals surface area (Å²) in [6.45, 7) is 4.75. The molecule has 1 aromatic rings. The Balaban J connectivity index is 1.76. The van der Waals surface area contributed by atoms with Crippen LogP contribution in [0, 0.1) is 0 Å². The Morgan fingerprint density at radius 2 is 2.07 bits per heavy atom. The van der Waals surface area contributed by atoms with Crippen molar-refractivity contribution in [1.82, 2.24) is 4.90 Å². The lowest BCUT2D eigenvalue weighted by Crippen LogP contribution is -2.52. The molecule has 4 nitrogen and oxygen atoms in total. The van der Waals surface area contributed by atoms with Gasteiger partial charge in [0.05, 0.1) is 24.4 Å². The maximum Gasteiger partial charge on any atom is 0.178 e. The highest BCUT2D eigenvalue weighted by molar-refractivity contribution is 5.97. The molecule has 1 saturated carbocycles. The molecule has 29 heavy (non-hydrogen) atoms. The van der Waals surface area contributed by atoms with Gasteiger partial charge in [-0.15, -0.1) is 0 Å². The fraction of sp³-hybridized carbons (Fsp3) is 0.560. The zero-order chi connectivity index (χ0) is 20.4. The van der Waals surface area contributed by atoms with E-state index in [1.807, 2.05) is 0 Å². The monoisotopic (exact) mass is 395 g/mol. The molecule has 1 aromatic carbocycles. The molecule has 4 heteroatoms. The van der Waals surface area contributed by atoms with Crippen molar-refractivity contribution in [3.8, 4) is 5.75 Å². The summed E-state index contributed by atoms with van der Waals surface area (Å²) in [7, 11) is 0. The largest absolute Gasteiger partial charge is 0.506 e. The zero-order valence-electron chi connectivity index (χ0n) is 17.7. The molecule has 0 radical (unpaired) electrons. The number of rotatable bonds is 7. The first kappa shape index (κ1) is 20.1. The van der Waals surface area contributed by atoms with Gasteiger partial charge in [0, 0.05) is 11.3 Å². The van der Waals surface area contributed by atoms with Crippen LogP contribution in [0.3, 0.4) is 0 Å². The topological polar surface area (TPSA) is 49.8 Å². The molecule has 0 saturated heterocycles. The minimum absolute atomic E-state index is 0.0194. The normalized spacial score (nSPS) is 21.9. The number of unbranched alkanes of at least 4 members (excludes halogenated alkanes) is 2. The Labute approximate surface area is 173 Å². The van der Waals surface area contributed by atoms with Gasteiger partial charge in [0.1, 0.15) is 11.5 Å². The highest BCUT2D eigenvalue weighted by Crippen LogP contribution is 2.35. The molecule has 0 spiro atoms. The summed E-state index contributed by atoms with van der Waals surface area (Å²) in [5.41, 5.74) is 2.22. The number of carbonyl (C=O) groups is 1. The predicted molar refractivity (Wildman–Crippen MR) is 116 cm³/mol. The van der Waals surface area contributed by atoms with Gasteiger partial charge in [-0.1, -0.05) is 39.2 Å². The molecule has 156 valence electrons. The van der Waals surface area contributed by atoms with Gasteiger partial charge in [-0.25, -0.2) is 0 Å². The van der Waals surface area contributed by atoms with E-state index < -0.39 is 0 Å². The van der Waals surface area contributed by atoms with Crippen LogP contribution in [0.25, 0.3) is 11.3 Å². The van der Waals surface area contributed by atoms with Crippen LogP contribution >= 0.6 is 0 Å². The second-order valence-corrected chi connectivity index (χ2v) is 8.61. The van der Waals surface area contributed by atoms with Crippen LogP contribution in [0.4, 0.5) is 0 Å². The van der Waals surface area contributed by atoms with Crippen LogP contribution < -0.4 is 15.2 Å². The Bertz CT molecular complexity index is 930. The van der Waals surface area contributed by atoms with Gasteiger partial charge in [-0.3, -0.25) is 4.79 Å². The van der Waals surface area contributed by atoms with E-state index in [0.717, 1.165) is 42.3 Å². The molecule has 0 aromatic heterocycles. The lowest BCUT2D eigenvalue weighted by molar-refractivity contribution is -0.115. The van der Waals surface area contributed by atoms with Gasteiger partial charge in [-0.05, 0) is 61.4 Å². The predicted octanol–water partition coefficient (Wildman–Crippen LogP) is 3.97. The Kier molecular flexibility index (Phi) is 5.98. The number of benzene rings is 1. The molecule has 4 rings (SSSR count). The van der Waals surface area contributed by atoms with Crippen LogP contribution in [0.5, 0.6) is 5.75 Å². The first-order chi connectivity index (χ1) is 14.1. The van der Waals surface area contributed by atoms with Crippen LogP contribution in [0.1, 0.15) is 71.6 Å². The van der Waals surface area contributed by atoms with Crippen molar-refractivity contribution in [2.45, 2.75) is 83.8 Å². The van der Waals surface area contributed by atoms with Crippen LogP contribution in [0.2, 0.25) is 0 Å². The van der Waals surface area contributed by atoms with Crippen molar-refractivity contribution in [2.75, 3.05) is 6.54 Å². The summed E-state index contributed by atoms with van der Waals surface area (Å²) < 4.78 is 6.34. The second-order valence-electron chi connectivity index (χ2n) is 8.61. The summed E-state index contributed by atoms with van der Waals surface area (Å²) in [5.74, 6) is 0.937. The van der Waals surface area contributed by atoms with E-state index in [1.165, 1.54) is 49.0 Å². The molecule has 0 amide bonds. The molecule has 1 N–H and O–H groups in total. The first-order valence-electron chi connectivity index (χ1n) is 11.4.